The van der Waals surface area contributed by atoms with Crippen LogP contribution in [0.2, 0.25) is 0 Å². The van der Waals surface area contributed by atoms with Crippen LogP contribution < -0.4 is 35.8 Å². The van der Waals surface area contributed by atoms with Crippen LogP contribution in [0.1, 0.15) is 0 Å². The Morgan fingerprint density at radius 1 is 0.431 bits per heavy atom. The standard InChI is InChI=1S/C44H28BN5O/c1-3-14-29(15-4-1)48-34-21-9-7-18-31(34)45-32-19-8-12-25-39(32)51-40-28-38-43(44(48)41(40)45)49(30-16-5-2-6-17-30)35-22-10-11-23-36(35)50(38)37-24-13-20-33-42(37)47-27-26-46-33/h1-28H. The Kier molecular flexibility index (Phi) is 5.95. The second kappa shape index (κ2) is 10.8. The van der Waals surface area contributed by atoms with E-state index < -0.39 is 0 Å². The molecule has 0 saturated carbocycles. The number of benzene rings is 7. The maximum absolute atomic E-state index is 6.99. The molecule has 4 heterocycles. The van der Waals surface area contributed by atoms with Gasteiger partial charge in [0.15, 0.2) is 0 Å². The second-order valence-corrected chi connectivity index (χ2v) is 13.0. The summed E-state index contributed by atoms with van der Waals surface area (Å²) in [7, 11) is 0. The molecular weight excluding hydrogens is 625 g/mol. The lowest BCUT2D eigenvalue weighted by Crippen LogP contribution is -2.59. The molecule has 8 aromatic rings. The predicted molar refractivity (Wildman–Crippen MR) is 208 cm³/mol. The van der Waals surface area contributed by atoms with Crippen LogP contribution in [0.15, 0.2) is 170 Å². The van der Waals surface area contributed by atoms with Gasteiger partial charge in [0.2, 0.25) is 0 Å². The fourth-order valence-electron chi connectivity index (χ4n) is 8.28. The van der Waals surface area contributed by atoms with Crippen LogP contribution in [0.5, 0.6) is 11.5 Å². The fourth-order valence-corrected chi connectivity index (χ4v) is 8.28. The predicted octanol–water partition coefficient (Wildman–Crippen LogP) is 9.29. The van der Waals surface area contributed by atoms with E-state index in [0.717, 1.165) is 84.6 Å². The number of rotatable bonds is 3. The Bertz CT molecular complexity index is 2660. The lowest BCUT2D eigenvalue weighted by Gasteiger charge is -2.47. The normalized spacial score (nSPS) is 13.5. The zero-order valence-corrected chi connectivity index (χ0v) is 27.4. The van der Waals surface area contributed by atoms with E-state index in [1.807, 2.05) is 6.07 Å². The third-order valence-corrected chi connectivity index (χ3v) is 10.3. The molecule has 51 heavy (non-hydrogen) atoms. The first-order valence-corrected chi connectivity index (χ1v) is 17.2. The highest BCUT2D eigenvalue weighted by Crippen LogP contribution is 2.60. The zero-order valence-electron chi connectivity index (χ0n) is 27.4. The number of hydrogen-bond donors (Lipinski definition) is 0. The van der Waals surface area contributed by atoms with Crippen molar-refractivity contribution in [1.29, 1.82) is 0 Å². The molecule has 0 bridgehead atoms. The molecule has 238 valence electrons. The molecule has 0 fully saturated rings. The Labute approximate surface area is 295 Å². The molecule has 0 radical (unpaired) electrons. The highest BCUT2D eigenvalue weighted by molar-refractivity contribution is 6.99. The summed E-state index contributed by atoms with van der Waals surface area (Å²) in [6.45, 7) is -0.0342. The molecular formula is C44H28BN5O. The van der Waals surface area contributed by atoms with Crippen LogP contribution in [0.25, 0.3) is 11.0 Å². The topological polar surface area (TPSA) is 44.7 Å². The van der Waals surface area contributed by atoms with Gasteiger partial charge in [0.05, 0.1) is 39.6 Å². The molecule has 7 aromatic carbocycles. The lowest BCUT2D eigenvalue weighted by molar-refractivity contribution is 0.487. The Morgan fingerprint density at radius 3 is 1.78 bits per heavy atom. The largest absolute Gasteiger partial charge is 0.458 e. The van der Waals surface area contributed by atoms with Gasteiger partial charge in [-0.25, -0.2) is 0 Å². The van der Waals surface area contributed by atoms with E-state index in [1.54, 1.807) is 12.4 Å². The first kappa shape index (κ1) is 28.0. The first-order chi connectivity index (χ1) is 25.3. The van der Waals surface area contributed by atoms with Crippen molar-refractivity contribution in [3.63, 3.8) is 0 Å². The van der Waals surface area contributed by atoms with Crippen molar-refractivity contribution in [3.8, 4) is 11.5 Å². The average molecular weight is 654 g/mol. The smallest absolute Gasteiger partial charge is 0.256 e. The van der Waals surface area contributed by atoms with Crippen LogP contribution in [0.4, 0.5) is 51.2 Å². The number of ether oxygens (including phenoxy) is 1. The molecule has 0 N–H and O–H groups in total. The molecule has 6 nitrogen and oxygen atoms in total. The molecule has 1 aromatic heterocycles. The second-order valence-electron chi connectivity index (χ2n) is 13.0. The van der Waals surface area contributed by atoms with Gasteiger partial charge in [-0.1, -0.05) is 91.0 Å². The number of aromatic nitrogens is 2. The molecule has 0 aliphatic carbocycles. The highest BCUT2D eigenvalue weighted by atomic mass is 16.5. The van der Waals surface area contributed by atoms with Gasteiger partial charge in [-0.3, -0.25) is 9.97 Å². The number of para-hydroxylation sites is 7. The Morgan fingerprint density at radius 2 is 1.02 bits per heavy atom. The summed E-state index contributed by atoms with van der Waals surface area (Å²) in [5, 5.41) is 0. The quantitative estimate of drug-likeness (QED) is 0.177. The van der Waals surface area contributed by atoms with E-state index in [0.29, 0.717) is 0 Å². The van der Waals surface area contributed by atoms with Crippen molar-refractivity contribution in [2.75, 3.05) is 14.7 Å². The van der Waals surface area contributed by atoms with Crippen molar-refractivity contribution in [3.05, 3.63) is 170 Å². The number of nitrogens with zero attached hydrogens (tertiary/aromatic N) is 5. The summed E-state index contributed by atoms with van der Waals surface area (Å²) >= 11 is 0. The van der Waals surface area contributed by atoms with E-state index >= 15 is 0 Å². The summed E-state index contributed by atoms with van der Waals surface area (Å²) in [6, 6.07) is 55.8. The summed E-state index contributed by atoms with van der Waals surface area (Å²) in [6.07, 6.45) is 3.52. The average Bonchev–Trinajstić information content (AvgIpc) is 3.20. The molecule has 0 spiro atoms. The number of anilines is 9. The Hall–Kier alpha value is -6.86. The Balaban J connectivity index is 1.33. The van der Waals surface area contributed by atoms with Gasteiger partial charge in [-0.15, -0.1) is 0 Å². The van der Waals surface area contributed by atoms with Gasteiger partial charge in [-0.2, -0.15) is 0 Å². The molecule has 3 aliphatic rings. The van der Waals surface area contributed by atoms with Crippen LogP contribution in [-0.2, 0) is 0 Å². The van der Waals surface area contributed by atoms with Crippen LogP contribution in [-0.4, -0.2) is 16.7 Å². The first-order valence-electron chi connectivity index (χ1n) is 17.2. The van der Waals surface area contributed by atoms with Crippen LogP contribution >= 0.6 is 0 Å². The molecule has 11 rings (SSSR count). The molecule has 0 amide bonds. The summed E-state index contributed by atoms with van der Waals surface area (Å²) in [4.78, 5) is 16.8. The van der Waals surface area contributed by atoms with Gasteiger partial charge in [0.1, 0.15) is 17.0 Å². The van der Waals surface area contributed by atoms with Crippen molar-refractivity contribution in [1.82, 2.24) is 9.97 Å². The third-order valence-electron chi connectivity index (χ3n) is 10.3. The monoisotopic (exact) mass is 653 g/mol. The lowest BCUT2D eigenvalue weighted by atomic mass is 9.34. The maximum Gasteiger partial charge on any atom is 0.256 e. The molecule has 0 unspecified atom stereocenters. The van der Waals surface area contributed by atoms with Gasteiger partial charge < -0.3 is 19.4 Å². The minimum atomic E-state index is -0.0342. The van der Waals surface area contributed by atoms with Crippen molar-refractivity contribution in [2.45, 2.75) is 0 Å². The van der Waals surface area contributed by atoms with Crippen molar-refractivity contribution >= 4 is 85.3 Å². The van der Waals surface area contributed by atoms with Gasteiger partial charge in [0, 0.05) is 35.5 Å². The molecule has 7 heteroatoms. The van der Waals surface area contributed by atoms with Crippen LogP contribution in [0.3, 0.4) is 0 Å². The van der Waals surface area contributed by atoms with Crippen molar-refractivity contribution < 1.29 is 4.74 Å². The van der Waals surface area contributed by atoms with E-state index in [1.165, 1.54) is 5.46 Å². The van der Waals surface area contributed by atoms with Gasteiger partial charge >= 0.3 is 0 Å². The summed E-state index contributed by atoms with van der Waals surface area (Å²) in [5.74, 6) is 1.72. The van der Waals surface area contributed by atoms with Crippen LogP contribution in [0, 0.1) is 0 Å². The van der Waals surface area contributed by atoms with Crippen molar-refractivity contribution in [2.24, 2.45) is 0 Å². The minimum absolute atomic E-state index is 0.0342. The number of hydrogen-bond acceptors (Lipinski definition) is 6. The summed E-state index contributed by atoms with van der Waals surface area (Å²) < 4.78 is 6.99. The highest BCUT2D eigenvalue weighted by Gasteiger charge is 2.46. The molecule has 3 aliphatic heterocycles. The third kappa shape index (κ3) is 4.00. The van der Waals surface area contributed by atoms with E-state index in [4.69, 9.17) is 14.7 Å². The van der Waals surface area contributed by atoms with Gasteiger partial charge in [0.25, 0.3) is 6.71 Å². The van der Waals surface area contributed by atoms with Gasteiger partial charge in [-0.05, 0) is 77.1 Å². The maximum atomic E-state index is 6.99. The van der Waals surface area contributed by atoms with E-state index in [2.05, 4.69) is 166 Å². The minimum Gasteiger partial charge on any atom is -0.458 e. The fraction of sp³-hybridized carbons (Fsp3) is 0. The number of fused-ring (bicyclic) bond motifs is 8. The zero-order chi connectivity index (χ0) is 33.5. The SMILES string of the molecule is c1ccc(N2c3ccccc3N(c3cccc4nccnc34)c3cc4c5c(c32)N(c2ccccc2)c2ccccc2B5c2ccccc2O4)cc1. The van der Waals surface area contributed by atoms with E-state index in [-0.39, 0.29) is 6.71 Å². The van der Waals surface area contributed by atoms with E-state index in [9.17, 15) is 0 Å². The molecule has 0 saturated heterocycles. The molecule has 0 atom stereocenters. The summed E-state index contributed by atoms with van der Waals surface area (Å²) in [5.41, 5.74) is 14.7.